The zero-order chi connectivity index (χ0) is 15.5. The number of piperidine rings is 1. The van der Waals surface area contributed by atoms with Crippen LogP contribution < -0.4 is 5.32 Å². The van der Waals surface area contributed by atoms with Crippen molar-refractivity contribution < 1.29 is 14.3 Å². The lowest BCUT2D eigenvalue weighted by Crippen LogP contribution is -2.46. The van der Waals surface area contributed by atoms with Crippen LogP contribution in [0, 0.1) is 11.2 Å². The molecule has 1 fully saturated rings. The molecular weight excluding hydrogens is 295 g/mol. The lowest BCUT2D eigenvalue weighted by Gasteiger charge is -2.40. The second kappa shape index (κ2) is 6.62. The van der Waals surface area contributed by atoms with Crippen LogP contribution in [0.4, 0.5) is 14.9 Å². The summed E-state index contributed by atoms with van der Waals surface area (Å²) in [5.41, 5.74) is 0.276. The van der Waals surface area contributed by atoms with Crippen LogP contribution in [-0.4, -0.2) is 35.7 Å². The van der Waals surface area contributed by atoms with Gasteiger partial charge in [0.15, 0.2) is 0 Å². The fourth-order valence-corrected chi connectivity index (χ4v) is 2.86. The molecule has 1 aromatic carbocycles. The Balaban J connectivity index is 1.96. The van der Waals surface area contributed by atoms with Gasteiger partial charge in [-0.1, -0.05) is 18.5 Å². The van der Waals surface area contributed by atoms with Crippen molar-refractivity contribution in [2.24, 2.45) is 5.41 Å². The van der Waals surface area contributed by atoms with Crippen LogP contribution in [-0.2, 0) is 0 Å². The van der Waals surface area contributed by atoms with E-state index in [1.165, 1.54) is 18.2 Å². The molecule has 1 aliphatic rings. The van der Waals surface area contributed by atoms with E-state index < -0.39 is 5.82 Å². The third kappa shape index (κ3) is 3.86. The fourth-order valence-electron chi connectivity index (χ4n) is 2.64. The smallest absolute Gasteiger partial charge is 0.321 e. The quantitative estimate of drug-likeness (QED) is 0.897. The number of amides is 2. The number of likely N-dealkylation sites (tertiary alicyclic amines) is 1. The van der Waals surface area contributed by atoms with E-state index in [1.807, 2.05) is 0 Å². The maximum absolute atomic E-state index is 13.2. The maximum atomic E-state index is 13.2. The second-order valence-electron chi connectivity index (χ2n) is 5.59. The molecule has 21 heavy (non-hydrogen) atoms. The summed E-state index contributed by atoms with van der Waals surface area (Å²) in [6.07, 6.45) is 2.45. The van der Waals surface area contributed by atoms with E-state index in [9.17, 15) is 14.3 Å². The van der Waals surface area contributed by atoms with E-state index in [4.69, 9.17) is 11.6 Å². The molecule has 4 nitrogen and oxygen atoms in total. The molecule has 0 aromatic heterocycles. The van der Waals surface area contributed by atoms with Crippen molar-refractivity contribution >= 4 is 23.3 Å². The van der Waals surface area contributed by atoms with Crippen molar-refractivity contribution in [2.75, 3.05) is 25.0 Å². The summed E-state index contributed by atoms with van der Waals surface area (Å²) in [4.78, 5) is 13.8. The van der Waals surface area contributed by atoms with Gasteiger partial charge in [0.1, 0.15) is 5.82 Å². The number of urea groups is 1. The Morgan fingerprint density at radius 2 is 2.10 bits per heavy atom. The predicted molar refractivity (Wildman–Crippen MR) is 81.0 cm³/mol. The Kier molecular flexibility index (Phi) is 5.06. The molecule has 0 bridgehead atoms. The summed E-state index contributed by atoms with van der Waals surface area (Å²) >= 11 is 5.76. The SMILES string of the molecule is CCC1(CO)CCN(C(=O)Nc2cc(F)cc(Cl)c2)CC1. The van der Waals surface area contributed by atoms with Crippen molar-refractivity contribution in [3.8, 4) is 0 Å². The number of nitrogens with zero attached hydrogens (tertiary/aromatic N) is 1. The molecule has 2 N–H and O–H groups in total. The number of nitrogens with one attached hydrogen (secondary N) is 1. The highest BCUT2D eigenvalue weighted by molar-refractivity contribution is 6.30. The monoisotopic (exact) mass is 314 g/mol. The van der Waals surface area contributed by atoms with Gasteiger partial charge in [-0.05, 0) is 42.9 Å². The summed E-state index contributed by atoms with van der Waals surface area (Å²) in [6, 6.07) is 3.67. The number of carbonyl (C=O) groups excluding carboxylic acids is 1. The Labute approximate surface area is 128 Å². The molecule has 1 saturated heterocycles. The summed E-state index contributed by atoms with van der Waals surface area (Å²) < 4.78 is 13.2. The number of hydrogen-bond acceptors (Lipinski definition) is 2. The summed E-state index contributed by atoms with van der Waals surface area (Å²) in [7, 11) is 0. The van der Waals surface area contributed by atoms with Crippen LogP contribution in [0.25, 0.3) is 0 Å². The van der Waals surface area contributed by atoms with Crippen molar-refractivity contribution in [1.29, 1.82) is 0 Å². The van der Waals surface area contributed by atoms with Gasteiger partial charge in [-0.2, -0.15) is 0 Å². The van der Waals surface area contributed by atoms with Crippen molar-refractivity contribution in [1.82, 2.24) is 4.90 Å². The van der Waals surface area contributed by atoms with Gasteiger partial charge >= 0.3 is 6.03 Å². The lowest BCUT2D eigenvalue weighted by molar-refractivity contribution is 0.0542. The van der Waals surface area contributed by atoms with E-state index in [-0.39, 0.29) is 23.1 Å². The molecule has 1 aliphatic heterocycles. The van der Waals surface area contributed by atoms with E-state index in [2.05, 4.69) is 12.2 Å². The highest BCUT2D eigenvalue weighted by atomic mass is 35.5. The van der Waals surface area contributed by atoms with Crippen LogP contribution in [0.2, 0.25) is 5.02 Å². The minimum absolute atomic E-state index is 0.0705. The molecule has 0 atom stereocenters. The number of carbonyl (C=O) groups is 1. The minimum atomic E-state index is -0.485. The number of hydrogen-bond donors (Lipinski definition) is 2. The van der Waals surface area contributed by atoms with Gasteiger partial charge in [-0.25, -0.2) is 9.18 Å². The molecule has 0 radical (unpaired) electrons. The van der Waals surface area contributed by atoms with Gasteiger partial charge in [0.2, 0.25) is 0 Å². The van der Waals surface area contributed by atoms with Crippen molar-refractivity contribution in [2.45, 2.75) is 26.2 Å². The maximum Gasteiger partial charge on any atom is 0.321 e. The van der Waals surface area contributed by atoms with Gasteiger partial charge in [-0.3, -0.25) is 0 Å². The number of anilines is 1. The highest BCUT2D eigenvalue weighted by Gasteiger charge is 2.33. The molecule has 2 rings (SSSR count). The van der Waals surface area contributed by atoms with Crippen LogP contribution in [0.5, 0.6) is 0 Å². The Morgan fingerprint density at radius 3 is 2.62 bits per heavy atom. The Morgan fingerprint density at radius 1 is 1.43 bits per heavy atom. The number of halogens is 2. The molecule has 0 saturated carbocycles. The highest BCUT2D eigenvalue weighted by Crippen LogP contribution is 2.34. The summed E-state index contributed by atoms with van der Waals surface area (Å²) in [6.45, 7) is 3.38. The first-order chi connectivity index (χ1) is 9.98. The summed E-state index contributed by atoms with van der Waals surface area (Å²) in [5, 5.41) is 12.4. The van der Waals surface area contributed by atoms with Crippen LogP contribution >= 0.6 is 11.6 Å². The predicted octanol–water partition coefficient (Wildman–Crippen LogP) is 3.50. The van der Waals surface area contributed by atoms with Gasteiger partial charge in [-0.15, -0.1) is 0 Å². The van der Waals surface area contributed by atoms with Crippen LogP contribution in [0.15, 0.2) is 18.2 Å². The number of aliphatic hydroxyl groups excluding tert-OH is 1. The second-order valence-corrected chi connectivity index (χ2v) is 6.02. The standard InChI is InChI=1S/C15H20ClFN2O2/c1-2-15(10-20)3-5-19(6-4-15)14(21)18-13-8-11(16)7-12(17)9-13/h7-9,20H,2-6,10H2,1H3,(H,18,21). The minimum Gasteiger partial charge on any atom is -0.396 e. The average molecular weight is 315 g/mol. The zero-order valence-corrected chi connectivity index (χ0v) is 12.8. The van der Waals surface area contributed by atoms with Gasteiger partial charge in [0.25, 0.3) is 0 Å². The molecule has 2 amide bonds. The topological polar surface area (TPSA) is 52.6 Å². The molecule has 0 aliphatic carbocycles. The molecule has 6 heteroatoms. The molecular formula is C15H20ClFN2O2. The van der Waals surface area contributed by atoms with E-state index in [0.29, 0.717) is 18.8 Å². The van der Waals surface area contributed by atoms with Gasteiger partial charge < -0.3 is 15.3 Å². The van der Waals surface area contributed by atoms with E-state index in [0.717, 1.165) is 19.3 Å². The van der Waals surface area contributed by atoms with E-state index >= 15 is 0 Å². The van der Waals surface area contributed by atoms with Crippen LogP contribution in [0.1, 0.15) is 26.2 Å². The van der Waals surface area contributed by atoms with Crippen molar-refractivity contribution in [3.05, 3.63) is 29.0 Å². The Bertz CT molecular complexity index is 490. The molecule has 1 aromatic rings. The molecule has 0 unspecified atom stereocenters. The summed E-state index contributed by atoms with van der Waals surface area (Å²) in [5.74, 6) is -0.485. The third-order valence-electron chi connectivity index (χ3n) is 4.31. The fraction of sp³-hybridized carbons (Fsp3) is 0.533. The molecule has 116 valence electrons. The van der Waals surface area contributed by atoms with E-state index in [1.54, 1.807) is 4.90 Å². The molecule has 1 heterocycles. The number of benzene rings is 1. The van der Waals surface area contributed by atoms with Gasteiger partial charge in [0.05, 0.1) is 0 Å². The zero-order valence-electron chi connectivity index (χ0n) is 12.0. The first kappa shape index (κ1) is 16.0. The average Bonchev–Trinajstić information content (AvgIpc) is 2.46. The van der Waals surface area contributed by atoms with Gasteiger partial charge in [0, 0.05) is 30.4 Å². The first-order valence-corrected chi connectivity index (χ1v) is 7.49. The van der Waals surface area contributed by atoms with Crippen LogP contribution in [0.3, 0.4) is 0 Å². The normalized spacial score (nSPS) is 17.6. The molecule has 0 spiro atoms. The number of aliphatic hydroxyl groups is 1. The Hall–Kier alpha value is -1.33. The lowest BCUT2D eigenvalue weighted by atomic mass is 9.77. The third-order valence-corrected chi connectivity index (χ3v) is 4.53. The first-order valence-electron chi connectivity index (χ1n) is 7.11. The van der Waals surface area contributed by atoms with Crippen molar-refractivity contribution in [3.63, 3.8) is 0 Å². The number of rotatable bonds is 3. The largest absolute Gasteiger partial charge is 0.396 e.